The third-order valence-electron chi connectivity index (χ3n) is 3.21. The largest absolute Gasteiger partial charge is 0.332 e. The van der Waals surface area contributed by atoms with Crippen molar-refractivity contribution in [1.29, 1.82) is 0 Å². The van der Waals surface area contributed by atoms with Crippen molar-refractivity contribution in [2.45, 2.75) is 6.92 Å². The minimum absolute atomic E-state index is 0.0156. The molecule has 0 aromatic heterocycles. The first-order chi connectivity index (χ1) is 11.5. The zero-order valence-corrected chi connectivity index (χ0v) is 13.7. The number of nitro benzene ring substituents is 1. The second-order valence-electron chi connectivity index (χ2n) is 4.89. The van der Waals surface area contributed by atoms with Crippen LogP contribution in [0.3, 0.4) is 0 Å². The van der Waals surface area contributed by atoms with Crippen LogP contribution in [0.2, 0.25) is 0 Å². The van der Waals surface area contributed by atoms with Gasteiger partial charge in [0.1, 0.15) is 0 Å². The zero-order valence-electron chi connectivity index (χ0n) is 12.9. The van der Waals surface area contributed by atoms with Crippen LogP contribution in [0.1, 0.15) is 11.1 Å². The highest BCUT2D eigenvalue weighted by atomic mass is 32.1. The van der Waals surface area contributed by atoms with E-state index >= 15 is 0 Å². The van der Waals surface area contributed by atoms with Crippen LogP contribution in [-0.2, 0) is 4.79 Å². The molecule has 0 radical (unpaired) electrons. The molecule has 2 rings (SSSR count). The van der Waals surface area contributed by atoms with Gasteiger partial charge in [-0.1, -0.05) is 36.4 Å². The number of nitrogens with zero attached hydrogens (tertiary/aromatic N) is 1. The average Bonchev–Trinajstić information content (AvgIpc) is 2.55. The first-order valence-electron chi connectivity index (χ1n) is 7.06. The molecule has 6 nitrogen and oxygen atoms in total. The Morgan fingerprint density at radius 2 is 1.88 bits per heavy atom. The molecule has 122 valence electrons. The van der Waals surface area contributed by atoms with Crippen molar-refractivity contribution >= 4 is 40.7 Å². The molecule has 2 N–H and O–H groups in total. The Hall–Kier alpha value is -3.06. The minimum Gasteiger partial charge on any atom is -0.332 e. The smallest absolute Gasteiger partial charge is 0.274 e. The Labute approximate surface area is 144 Å². The van der Waals surface area contributed by atoms with E-state index in [1.54, 1.807) is 25.1 Å². The number of hydrogen-bond acceptors (Lipinski definition) is 4. The lowest BCUT2D eigenvalue weighted by atomic mass is 10.1. The van der Waals surface area contributed by atoms with E-state index in [1.807, 2.05) is 30.3 Å². The standard InChI is InChI=1S/C17H15N3O3S/c1-12-14(8-5-9-15(12)20(22)23)18-17(24)19-16(21)11-10-13-6-3-2-4-7-13/h2-11H,1H3,(H2,18,19,21,24). The van der Waals surface area contributed by atoms with Gasteiger partial charge in [0.05, 0.1) is 16.2 Å². The summed E-state index contributed by atoms with van der Waals surface area (Å²) in [6.07, 6.45) is 3.03. The summed E-state index contributed by atoms with van der Waals surface area (Å²) in [4.78, 5) is 22.3. The number of carbonyl (C=O) groups is 1. The molecular weight excluding hydrogens is 326 g/mol. The van der Waals surface area contributed by atoms with E-state index in [9.17, 15) is 14.9 Å². The van der Waals surface area contributed by atoms with E-state index < -0.39 is 4.92 Å². The molecule has 0 heterocycles. The van der Waals surface area contributed by atoms with Crippen LogP contribution in [-0.4, -0.2) is 15.9 Å². The number of anilines is 1. The topological polar surface area (TPSA) is 84.3 Å². The van der Waals surface area contributed by atoms with Crippen molar-refractivity contribution in [1.82, 2.24) is 5.32 Å². The van der Waals surface area contributed by atoms with Crippen LogP contribution >= 0.6 is 12.2 Å². The fourth-order valence-electron chi connectivity index (χ4n) is 2.00. The molecule has 0 aliphatic heterocycles. The summed E-state index contributed by atoms with van der Waals surface area (Å²) in [5, 5.41) is 16.3. The Bertz CT molecular complexity index is 804. The molecule has 2 aromatic rings. The minimum atomic E-state index is -0.468. The fourth-order valence-corrected chi connectivity index (χ4v) is 2.21. The summed E-state index contributed by atoms with van der Waals surface area (Å²) >= 11 is 5.06. The van der Waals surface area contributed by atoms with E-state index in [0.29, 0.717) is 11.3 Å². The van der Waals surface area contributed by atoms with Crippen molar-refractivity contribution in [3.63, 3.8) is 0 Å². The SMILES string of the molecule is Cc1c(NC(=S)NC(=O)C=Cc2ccccc2)cccc1[N+](=O)[O-]. The molecule has 0 atom stereocenters. The number of hydrogen-bond donors (Lipinski definition) is 2. The maximum absolute atomic E-state index is 11.8. The molecule has 1 amide bonds. The molecule has 0 saturated carbocycles. The molecule has 2 aromatic carbocycles. The number of rotatable bonds is 4. The van der Waals surface area contributed by atoms with Gasteiger partial charge < -0.3 is 5.32 Å². The highest BCUT2D eigenvalue weighted by Crippen LogP contribution is 2.24. The Morgan fingerprint density at radius 1 is 1.17 bits per heavy atom. The summed E-state index contributed by atoms with van der Waals surface area (Å²) in [6.45, 7) is 1.61. The van der Waals surface area contributed by atoms with Crippen LogP contribution in [0.25, 0.3) is 6.08 Å². The van der Waals surface area contributed by atoms with Gasteiger partial charge in [-0.2, -0.15) is 0 Å². The lowest BCUT2D eigenvalue weighted by Crippen LogP contribution is -2.33. The molecule has 0 spiro atoms. The lowest BCUT2D eigenvalue weighted by molar-refractivity contribution is -0.385. The van der Waals surface area contributed by atoms with Crippen molar-refractivity contribution in [3.8, 4) is 0 Å². The Kier molecular flexibility index (Phi) is 5.75. The number of amides is 1. The number of carbonyl (C=O) groups excluding carboxylic acids is 1. The number of benzene rings is 2. The summed E-state index contributed by atoms with van der Waals surface area (Å²) in [5.74, 6) is -0.389. The van der Waals surface area contributed by atoms with Gasteiger partial charge in [0, 0.05) is 12.1 Å². The molecule has 7 heteroatoms. The molecule has 0 saturated heterocycles. The average molecular weight is 341 g/mol. The van der Waals surface area contributed by atoms with E-state index in [-0.39, 0.29) is 16.7 Å². The van der Waals surface area contributed by atoms with Gasteiger partial charge in [-0.3, -0.25) is 20.2 Å². The van der Waals surface area contributed by atoms with Crippen LogP contribution in [0.5, 0.6) is 0 Å². The maximum atomic E-state index is 11.8. The van der Waals surface area contributed by atoms with E-state index in [1.165, 1.54) is 12.1 Å². The zero-order chi connectivity index (χ0) is 17.5. The number of nitro groups is 1. The summed E-state index contributed by atoms with van der Waals surface area (Å²) in [5.41, 5.74) is 1.79. The van der Waals surface area contributed by atoms with Gasteiger partial charge >= 0.3 is 0 Å². The number of thiocarbonyl (C=S) groups is 1. The van der Waals surface area contributed by atoms with Gasteiger partial charge in [0.15, 0.2) is 5.11 Å². The van der Waals surface area contributed by atoms with Gasteiger partial charge in [-0.25, -0.2) is 0 Å². The summed E-state index contributed by atoms with van der Waals surface area (Å²) in [7, 11) is 0. The second-order valence-corrected chi connectivity index (χ2v) is 5.30. The van der Waals surface area contributed by atoms with Crippen LogP contribution < -0.4 is 10.6 Å². The van der Waals surface area contributed by atoms with Crippen LogP contribution in [0, 0.1) is 17.0 Å². The van der Waals surface area contributed by atoms with Crippen molar-refractivity contribution in [2.75, 3.05) is 5.32 Å². The Balaban J connectivity index is 1.98. The summed E-state index contributed by atoms with van der Waals surface area (Å²) in [6, 6.07) is 14.0. The predicted octanol–water partition coefficient (Wildman–Crippen LogP) is 3.43. The first-order valence-corrected chi connectivity index (χ1v) is 7.47. The Morgan fingerprint density at radius 3 is 2.54 bits per heavy atom. The molecule has 0 aliphatic rings. The quantitative estimate of drug-likeness (QED) is 0.385. The van der Waals surface area contributed by atoms with Gasteiger partial charge in [0.2, 0.25) is 5.91 Å². The molecule has 0 aliphatic carbocycles. The van der Waals surface area contributed by atoms with Gasteiger partial charge in [0.25, 0.3) is 5.69 Å². The van der Waals surface area contributed by atoms with E-state index in [0.717, 1.165) is 5.56 Å². The monoisotopic (exact) mass is 341 g/mol. The van der Waals surface area contributed by atoms with Crippen molar-refractivity contribution < 1.29 is 9.72 Å². The normalized spacial score (nSPS) is 10.4. The maximum Gasteiger partial charge on any atom is 0.274 e. The van der Waals surface area contributed by atoms with E-state index in [4.69, 9.17) is 12.2 Å². The highest BCUT2D eigenvalue weighted by Gasteiger charge is 2.14. The summed E-state index contributed by atoms with van der Waals surface area (Å²) < 4.78 is 0. The van der Waals surface area contributed by atoms with Crippen molar-refractivity contribution in [3.05, 3.63) is 75.8 Å². The molecule has 24 heavy (non-hydrogen) atoms. The number of nitrogens with one attached hydrogen (secondary N) is 2. The molecule has 0 bridgehead atoms. The highest BCUT2D eigenvalue weighted by molar-refractivity contribution is 7.80. The third kappa shape index (κ3) is 4.72. The van der Waals surface area contributed by atoms with E-state index in [2.05, 4.69) is 10.6 Å². The van der Waals surface area contributed by atoms with Crippen molar-refractivity contribution in [2.24, 2.45) is 0 Å². The second kappa shape index (κ2) is 7.98. The predicted molar refractivity (Wildman–Crippen MR) is 97.7 cm³/mol. The molecular formula is C17H15N3O3S. The van der Waals surface area contributed by atoms with Crippen LogP contribution in [0.4, 0.5) is 11.4 Å². The molecule has 0 fully saturated rings. The van der Waals surface area contributed by atoms with Gasteiger partial charge in [-0.05, 0) is 36.8 Å². The molecule has 0 unspecified atom stereocenters. The van der Waals surface area contributed by atoms with Crippen LogP contribution in [0.15, 0.2) is 54.6 Å². The lowest BCUT2D eigenvalue weighted by Gasteiger charge is -2.10. The third-order valence-corrected chi connectivity index (χ3v) is 3.42. The van der Waals surface area contributed by atoms with Gasteiger partial charge in [-0.15, -0.1) is 0 Å². The first kappa shape index (κ1) is 17.3. The fraction of sp³-hybridized carbons (Fsp3) is 0.0588.